The van der Waals surface area contributed by atoms with Crippen LogP contribution in [0.4, 0.5) is 4.79 Å². The molecule has 1 saturated carbocycles. The van der Waals surface area contributed by atoms with Crippen LogP contribution < -0.4 is 20.1 Å². The number of pyridine rings is 1. The van der Waals surface area contributed by atoms with E-state index in [4.69, 9.17) is 14.5 Å². The van der Waals surface area contributed by atoms with Crippen molar-refractivity contribution in [3.8, 4) is 22.8 Å². The molecule has 3 heterocycles. The van der Waals surface area contributed by atoms with E-state index in [0.29, 0.717) is 42.2 Å². The number of ether oxygens (including phenoxy) is 2. The minimum absolute atomic E-state index is 0.0579. The molecule has 0 radical (unpaired) electrons. The van der Waals surface area contributed by atoms with E-state index in [1.807, 2.05) is 78.5 Å². The Morgan fingerprint density at radius 3 is 2.71 bits per heavy atom. The predicted molar refractivity (Wildman–Crippen MR) is 184 cm³/mol. The van der Waals surface area contributed by atoms with Gasteiger partial charge in [-0.2, -0.15) is 5.10 Å². The fourth-order valence-electron chi connectivity index (χ4n) is 6.28. The molecule has 0 spiro atoms. The van der Waals surface area contributed by atoms with Gasteiger partial charge in [-0.05, 0) is 50.3 Å². The predicted octanol–water partition coefficient (Wildman–Crippen LogP) is 4.94. The van der Waals surface area contributed by atoms with Gasteiger partial charge in [0, 0.05) is 54.7 Å². The number of hydrogen-bond acceptors (Lipinski definition) is 7. The molecular weight excluding hydrogens is 624 g/mol. The maximum absolute atomic E-state index is 13.6. The summed E-state index contributed by atoms with van der Waals surface area (Å²) in [5.74, 6) is -0.722. The SMILES string of the molecule is COc1ccc2c(OCCC3NC(=O)N(C)CCCCC=CC4CC4(C(=O)O)NC3=O)cc(-c3cnn(Cc4ccccc4)c3)nc2c1C. The Hall–Kier alpha value is -5.39. The van der Waals surface area contributed by atoms with E-state index >= 15 is 0 Å². The van der Waals surface area contributed by atoms with Crippen molar-refractivity contribution in [3.05, 3.63) is 84.2 Å². The van der Waals surface area contributed by atoms with Crippen molar-refractivity contribution in [3.63, 3.8) is 0 Å². The van der Waals surface area contributed by atoms with Crippen LogP contribution in [0, 0.1) is 12.8 Å². The molecule has 3 unspecified atom stereocenters. The lowest BCUT2D eigenvalue weighted by atomic mass is 10.1. The fourth-order valence-corrected chi connectivity index (χ4v) is 6.28. The van der Waals surface area contributed by atoms with E-state index < -0.39 is 29.5 Å². The monoisotopic (exact) mass is 666 g/mol. The maximum atomic E-state index is 13.6. The second-order valence-corrected chi connectivity index (χ2v) is 12.8. The second kappa shape index (κ2) is 14.4. The summed E-state index contributed by atoms with van der Waals surface area (Å²) in [4.78, 5) is 45.5. The summed E-state index contributed by atoms with van der Waals surface area (Å²) in [6.45, 7) is 3.13. The molecule has 1 aliphatic carbocycles. The molecule has 6 rings (SSSR count). The molecule has 1 fully saturated rings. The molecule has 3 atom stereocenters. The number of carbonyl (C=O) groups is 3. The molecule has 3 N–H and O–H groups in total. The van der Waals surface area contributed by atoms with Crippen LogP contribution >= 0.6 is 0 Å². The largest absolute Gasteiger partial charge is 0.496 e. The second-order valence-electron chi connectivity index (χ2n) is 12.8. The molecule has 12 nitrogen and oxygen atoms in total. The summed E-state index contributed by atoms with van der Waals surface area (Å²) < 4.78 is 13.8. The number of nitrogens with zero attached hydrogens (tertiary/aromatic N) is 4. The zero-order chi connectivity index (χ0) is 34.5. The first-order valence-corrected chi connectivity index (χ1v) is 16.6. The number of benzene rings is 2. The van der Waals surface area contributed by atoms with Gasteiger partial charge < -0.3 is 30.1 Å². The number of aliphatic carboxylic acids is 1. The number of amides is 3. The summed E-state index contributed by atoms with van der Waals surface area (Å²) in [6, 6.07) is 14.2. The average molecular weight is 667 g/mol. The van der Waals surface area contributed by atoms with E-state index in [9.17, 15) is 19.5 Å². The third-order valence-corrected chi connectivity index (χ3v) is 9.33. The Morgan fingerprint density at radius 2 is 1.94 bits per heavy atom. The molecule has 12 heteroatoms. The summed E-state index contributed by atoms with van der Waals surface area (Å²) in [6.07, 6.45) is 10.4. The smallest absolute Gasteiger partial charge is 0.330 e. The number of nitrogens with one attached hydrogen (secondary N) is 2. The van der Waals surface area contributed by atoms with Crippen LogP contribution in [0.5, 0.6) is 11.5 Å². The number of aromatic nitrogens is 3. The van der Waals surface area contributed by atoms with Crippen molar-refractivity contribution in [2.24, 2.45) is 5.92 Å². The van der Waals surface area contributed by atoms with Crippen LogP contribution in [0.25, 0.3) is 22.2 Å². The first-order valence-electron chi connectivity index (χ1n) is 16.6. The van der Waals surface area contributed by atoms with Crippen LogP contribution in [0.3, 0.4) is 0 Å². The third-order valence-electron chi connectivity index (χ3n) is 9.33. The summed E-state index contributed by atoms with van der Waals surface area (Å²) in [5, 5.41) is 20.9. The van der Waals surface area contributed by atoms with Crippen molar-refractivity contribution in [1.82, 2.24) is 30.3 Å². The summed E-state index contributed by atoms with van der Waals surface area (Å²) >= 11 is 0. The molecule has 256 valence electrons. The molecule has 0 bridgehead atoms. The van der Waals surface area contributed by atoms with Crippen LogP contribution in [-0.4, -0.2) is 81.6 Å². The lowest BCUT2D eigenvalue weighted by Crippen LogP contribution is -2.55. The Labute approximate surface area is 285 Å². The van der Waals surface area contributed by atoms with Crippen molar-refractivity contribution in [2.75, 3.05) is 27.3 Å². The third kappa shape index (κ3) is 7.38. The lowest BCUT2D eigenvalue weighted by Gasteiger charge is -2.25. The highest BCUT2D eigenvalue weighted by atomic mass is 16.5. The molecule has 2 aromatic heterocycles. The minimum atomic E-state index is -1.38. The average Bonchev–Trinajstić information content (AvgIpc) is 3.60. The molecule has 1 aliphatic heterocycles. The fraction of sp³-hybridized carbons (Fsp3) is 0.378. The highest BCUT2D eigenvalue weighted by Gasteiger charge is 2.60. The Bertz CT molecular complexity index is 1870. The number of carboxylic acids is 1. The van der Waals surface area contributed by atoms with E-state index in [0.717, 1.165) is 41.3 Å². The van der Waals surface area contributed by atoms with Crippen LogP contribution in [0.15, 0.2) is 73.1 Å². The summed E-state index contributed by atoms with van der Waals surface area (Å²) in [7, 11) is 3.29. The van der Waals surface area contributed by atoms with E-state index in [2.05, 4.69) is 15.7 Å². The molecule has 4 aromatic rings. The van der Waals surface area contributed by atoms with Gasteiger partial charge in [0.2, 0.25) is 5.91 Å². The zero-order valence-electron chi connectivity index (χ0n) is 28.0. The molecule has 2 aliphatic rings. The van der Waals surface area contributed by atoms with Gasteiger partial charge in [0.25, 0.3) is 0 Å². The first-order chi connectivity index (χ1) is 23.7. The zero-order valence-corrected chi connectivity index (χ0v) is 28.0. The van der Waals surface area contributed by atoms with Crippen LogP contribution in [0.2, 0.25) is 0 Å². The Kier molecular flexibility index (Phi) is 9.84. The lowest BCUT2D eigenvalue weighted by molar-refractivity contribution is -0.143. The topological polar surface area (TPSA) is 148 Å². The van der Waals surface area contributed by atoms with Crippen LogP contribution in [0.1, 0.15) is 43.2 Å². The maximum Gasteiger partial charge on any atom is 0.330 e. The number of aryl methyl sites for hydroxylation is 1. The molecule has 2 aromatic carbocycles. The van der Waals surface area contributed by atoms with Gasteiger partial charge in [0.1, 0.15) is 23.1 Å². The van der Waals surface area contributed by atoms with Gasteiger partial charge in [-0.1, -0.05) is 42.5 Å². The van der Waals surface area contributed by atoms with Gasteiger partial charge in [-0.15, -0.1) is 0 Å². The number of rotatable bonds is 9. The van der Waals surface area contributed by atoms with Crippen molar-refractivity contribution < 1.29 is 29.0 Å². The first kappa shape index (κ1) is 33.5. The number of hydrogen-bond donors (Lipinski definition) is 3. The van der Waals surface area contributed by atoms with E-state index in [-0.39, 0.29) is 18.9 Å². The van der Waals surface area contributed by atoms with Crippen LogP contribution in [-0.2, 0) is 16.1 Å². The Morgan fingerprint density at radius 1 is 1.12 bits per heavy atom. The highest BCUT2D eigenvalue weighted by Crippen LogP contribution is 2.45. The van der Waals surface area contributed by atoms with Crippen molar-refractivity contribution >= 4 is 28.8 Å². The minimum Gasteiger partial charge on any atom is -0.496 e. The van der Waals surface area contributed by atoms with Crippen molar-refractivity contribution in [2.45, 2.75) is 57.2 Å². The van der Waals surface area contributed by atoms with Crippen molar-refractivity contribution in [1.29, 1.82) is 0 Å². The van der Waals surface area contributed by atoms with Gasteiger partial charge in [-0.25, -0.2) is 14.6 Å². The Balaban J connectivity index is 1.26. The van der Waals surface area contributed by atoms with E-state index in [1.165, 1.54) is 0 Å². The van der Waals surface area contributed by atoms with Gasteiger partial charge in [0.05, 0.1) is 37.7 Å². The highest BCUT2D eigenvalue weighted by molar-refractivity contribution is 5.94. The number of carboxylic acid groups (broad SMARTS) is 1. The molecular formula is C37H42N6O6. The number of fused-ring (bicyclic) bond motifs is 2. The normalized spacial score (nSPS) is 21.3. The standard InChI is InChI=1S/C37H42N6O6/c1-24-31(48-3)15-14-28-32(19-30(39-33(24)28)26-21-38-43(23-26)22-25-11-7-6-8-12-25)49-18-16-29-34(44)41-37(35(45)46)20-27(37)13-9-4-5-10-17-42(2)36(47)40-29/h6-9,11-15,19,21,23,27,29H,4-5,10,16-18,20,22H2,1-3H3,(H,40,47)(H,41,44)(H,45,46). The van der Waals surface area contributed by atoms with Gasteiger partial charge in [0.15, 0.2) is 0 Å². The number of methoxy groups -OCH3 is 1. The van der Waals surface area contributed by atoms with E-state index in [1.54, 1.807) is 25.3 Å². The molecule has 3 amide bonds. The summed E-state index contributed by atoms with van der Waals surface area (Å²) in [5.41, 5.74) is 2.74. The van der Waals surface area contributed by atoms with Gasteiger partial charge in [-0.3, -0.25) is 9.48 Å². The quantitative estimate of drug-likeness (QED) is 0.213. The molecule has 0 saturated heterocycles. The number of allylic oxidation sites excluding steroid dienone is 1. The van der Waals surface area contributed by atoms with Gasteiger partial charge >= 0.3 is 12.0 Å². The molecule has 49 heavy (non-hydrogen) atoms. The number of urea groups is 1. The number of carbonyl (C=O) groups excluding carboxylic acids is 2.